The molecular weight excluding hydrogens is 747 g/mol. The minimum Gasteiger partial charge on any atom is -0.258 e. The molecule has 3 nitrogen and oxygen atoms in total. The van der Waals surface area contributed by atoms with Gasteiger partial charge in [-0.05, 0) is 17.2 Å². The topological polar surface area (TPSA) is 43.1 Å². The third-order valence-electron chi connectivity index (χ3n) is 8.39. The Morgan fingerprint density at radius 2 is 0.944 bits per heavy atom. The number of nitro benzene ring substituents is 1. The molecular formula is C20H6Cl13NO2. The first-order valence-corrected chi connectivity index (χ1v) is 14.8. The highest BCUT2D eigenvalue weighted by Gasteiger charge is 2.91. The van der Waals surface area contributed by atoms with E-state index in [1.54, 1.807) is 0 Å². The fraction of sp³-hybridized carbons (Fsp3) is 0.500. The second-order valence-corrected chi connectivity index (χ2v) is 16.4. The molecule has 4 bridgehead atoms. The van der Waals surface area contributed by atoms with Crippen LogP contribution < -0.4 is 0 Å². The number of nitro groups is 1. The zero-order valence-electron chi connectivity index (χ0n) is 16.6. The van der Waals surface area contributed by atoms with Crippen LogP contribution in [0.1, 0.15) is 23.0 Å². The first kappa shape index (κ1) is 28.0. The largest absolute Gasteiger partial charge is 0.288 e. The molecule has 0 aromatic heterocycles. The molecule has 6 rings (SSSR count). The summed E-state index contributed by atoms with van der Waals surface area (Å²) < 4.78 is -4.02. The Labute approximate surface area is 269 Å². The van der Waals surface area contributed by atoms with Gasteiger partial charge in [-0.15, -0.1) is 46.4 Å². The molecule has 5 aliphatic carbocycles. The van der Waals surface area contributed by atoms with Gasteiger partial charge in [0.2, 0.25) is 0 Å². The lowest BCUT2D eigenvalue weighted by Crippen LogP contribution is -2.53. The van der Waals surface area contributed by atoms with E-state index in [0.29, 0.717) is 11.1 Å². The fourth-order valence-electron chi connectivity index (χ4n) is 7.05. The van der Waals surface area contributed by atoms with Crippen LogP contribution in [0.15, 0.2) is 32.3 Å². The number of alkyl halides is 8. The van der Waals surface area contributed by atoms with Crippen molar-refractivity contribution in [2.24, 2.45) is 11.8 Å². The van der Waals surface area contributed by atoms with Crippen LogP contribution in [0.3, 0.4) is 0 Å². The molecule has 5 aliphatic rings. The summed E-state index contributed by atoms with van der Waals surface area (Å²) in [5.41, 5.74) is 0.288. The van der Waals surface area contributed by atoms with Crippen molar-refractivity contribution in [2.75, 3.05) is 0 Å². The summed E-state index contributed by atoms with van der Waals surface area (Å²) in [6.45, 7) is 0. The Hall–Kier alpha value is 1.87. The average molecular weight is 753 g/mol. The highest BCUT2D eigenvalue weighted by atomic mass is 35.5. The molecule has 194 valence electrons. The second kappa shape index (κ2) is 7.63. The average Bonchev–Trinajstić information content (AvgIpc) is 3.12. The molecule has 0 aliphatic heterocycles. The number of hydrogen-bond acceptors (Lipinski definition) is 2. The Morgan fingerprint density at radius 1 is 0.611 bits per heavy atom. The Bertz CT molecular complexity index is 1390. The summed E-state index contributed by atoms with van der Waals surface area (Å²) in [6, 6.07) is 2.64. The first-order valence-electron chi connectivity index (χ1n) is 9.93. The van der Waals surface area contributed by atoms with Crippen LogP contribution in [-0.4, -0.2) is 33.1 Å². The monoisotopic (exact) mass is 747 g/mol. The van der Waals surface area contributed by atoms with E-state index in [1.165, 1.54) is 12.1 Å². The molecule has 2 saturated carbocycles. The van der Waals surface area contributed by atoms with Gasteiger partial charge < -0.3 is 0 Å². The van der Waals surface area contributed by atoms with Crippen LogP contribution in [0, 0.1) is 22.0 Å². The number of hydrogen-bond donors (Lipinski definition) is 0. The summed E-state index contributed by atoms with van der Waals surface area (Å²) in [5, 5.41) is 11.3. The van der Waals surface area contributed by atoms with E-state index in [9.17, 15) is 10.1 Å². The number of benzene rings is 1. The van der Waals surface area contributed by atoms with E-state index < -0.39 is 62.4 Å². The normalized spacial score (nSPS) is 46.8. The molecule has 36 heavy (non-hydrogen) atoms. The smallest absolute Gasteiger partial charge is 0.258 e. The van der Waals surface area contributed by atoms with Gasteiger partial charge in [0.1, 0.15) is 24.5 Å². The predicted molar refractivity (Wildman–Crippen MR) is 151 cm³/mol. The molecule has 16 heteroatoms. The standard InChI is InChI=1S/C20H6Cl13NO2/c21-5-1-3-4(2-6(5)34(35)36)8-10(18(29)14(25)12(23)16(8,27)20(18,32)33)9-7(3)15(26)11(22)13(24)17(9,28)19(15,30)31/h1-2,7-10H/t7-,8-,9+,10+,15+,16+,17+,18+/m1/s1. The van der Waals surface area contributed by atoms with Crippen molar-refractivity contribution < 1.29 is 4.92 Å². The zero-order chi connectivity index (χ0) is 26.9. The number of halogens is 13. The fourth-order valence-corrected chi connectivity index (χ4v) is 13.3. The van der Waals surface area contributed by atoms with Crippen LogP contribution in [0.25, 0.3) is 0 Å². The number of rotatable bonds is 1. The maximum Gasteiger partial charge on any atom is 0.288 e. The van der Waals surface area contributed by atoms with Gasteiger partial charge in [0.15, 0.2) is 8.67 Å². The first-order chi connectivity index (χ1) is 16.3. The lowest BCUT2D eigenvalue weighted by atomic mass is 9.57. The second-order valence-electron chi connectivity index (χ2n) is 9.45. The molecule has 0 heterocycles. The van der Waals surface area contributed by atoms with Gasteiger partial charge in [-0.25, -0.2) is 0 Å². The highest BCUT2D eigenvalue weighted by molar-refractivity contribution is 6.67. The predicted octanol–water partition coefficient (Wildman–Crippen LogP) is 10.4. The SMILES string of the molecule is O=[N+]([O-])c1cc2c(cc1Cl)[C@@H]1[C@@H]([C@@H]3[C@@H]2[C@]2(Cl)C(Cl)=C(Cl)[C@]3(Cl)C2(Cl)Cl)[C@]2(Cl)C(Cl)=C(Cl)[C@]1(Cl)C2(Cl)Cl. The summed E-state index contributed by atoms with van der Waals surface area (Å²) in [7, 11) is 0. The maximum absolute atomic E-state index is 11.8. The van der Waals surface area contributed by atoms with Crippen LogP contribution >= 0.6 is 151 Å². The van der Waals surface area contributed by atoms with E-state index in [2.05, 4.69) is 0 Å². The Kier molecular flexibility index (Phi) is 5.93. The van der Waals surface area contributed by atoms with Gasteiger partial charge in [-0.2, -0.15) is 0 Å². The summed E-state index contributed by atoms with van der Waals surface area (Å²) in [5.74, 6) is -3.78. The lowest BCUT2D eigenvalue weighted by molar-refractivity contribution is -0.384. The summed E-state index contributed by atoms with van der Waals surface area (Å²) >= 11 is 89.3. The van der Waals surface area contributed by atoms with E-state index in [-0.39, 0.29) is 25.2 Å². The van der Waals surface area contributed by atoms with Crippen molar-refractivity contribution in [1.82, 2.24) is 0 Å². The van der Waals surface area contributed by atoms with E-state index in [4.69, 9.17) is 151 Å². The maximum atomic E-state index is 11.8. The molecule has 0 saturated heterocycles. The van der Waals surface area contributed by atoms with E-state index in [1.807, 2.05) is 0 Å². The third kappa shape index (κ3) is 2.43. The highest BCUT2D eigenvalue weighted by Crippen LogP contribution is 2.88. The molecule has 0 spiro atoms. The Balaban J connectivity index is 1.80. The molecule has 8 atom stereocenters. The summed E-state index contributed by atoms with van der Waals surface area (Å²) in [4.78, 5) is 3.89. The van der Waals surface area contributed by atoms with Crippen LogP contribution in [-0.2, 0) is 0 Å². The van der Waals surface area contributed by atoms with Crippen molar-refractivity contribution in [1.29, 1.82) is 0 Å². The summed E-state index contributed by atoms with van der Waals surface area (Å²) in [6.07, 6.45) is 0. The van der Waals surface area contributed by atoms with Crippen LogP contribution in [0.5, 0.6) is 0 Å². The molecule has 0 radical (unpaired) electrons. The van der Waals surface area contributed by atoms with Gasteiger partial charge in [0, 0.05) is 29.7 Å². The Morgan fingerprint density at radius 3 is 1.31 bits per heavy atom. The van der Waals surface area contributed by atoms with Gasteiger partial charge in [-0.1, -0.05) is 104 Å². The van der Waals surface area contributed by atoms with Gasteiger partial charge in [0.25, 0.3) is 5.69 Å². The van der Waals surface area contributed by atoms with E-state index in [0.717, 1.165) is 0 Å². The van der Waals surface area contributed by atoms with Crippen molar-refractivity contribution in [3.05, 3.63) is 58.5 Å². The van der Waals surface area contributed by atoms with Crippen LogP contribution in [0.4, 0.5) is 5.69 Å². The molecule has 2 fully saturated rings. The molecule has 0 amide bonds. The van der Waals surface area contributed by atoms with Crippen molar-refractivity contribution in [3.63, 3.8) is 0 Å². The molecule has 1 aromatic rings. The van der Waals surface area contributed by atoms with Crippen molar-refractivity contribution >= 4 is 156 Å². The molecule has 0 unspecified atom stereocenters. The quantitative estimate of drug-likeness (QED) is 0.163. The van der Waals surface area contributed by atoms with Gasteiger partial charge in [-0.3, -0.25) is 10.1 Å². The molecule has 1 aromatic carbocycles. The minimum atomic E-state index is -2.02. The third-order valence-corrected chi connectivity index (χ3v) is 17.2. The zero-order valence-corrected chi connectivity index (χ0v) is 26.5. The van der Waals surface area contributed by atoms with Crippen LogP contribution in [0.2, 0.25) is 5.02 Å². The van der Waals surface area contributed by atoms with Crippen molar-refractivity contribution in [3.8, 4) is 0 Å². The number of nitrogens with zero attached hydrogens (tertiary/aromatic N) is 1. The van der Waals surface area contributed by atoms with Gasteiger partial charge in [0.05, 0.1) is 25.1 Å². The molecule has 0 N–H and O–H groups in total. The van der Waals surface area contributed by atoms with E-state index >= 15 is 0 Å². The van der Waals surface area contributed by atoms with Crippen molar-refractivity contribution in [2.45, 2.75) is 40.0 Å². The van der Waals surface area contributed by atoms with Gasteiger partial charge >= 0.3 is 0 Å². The minimum absolute atomic E-state index is 0.0824. The number of fused-ring (bicyclic) bond motifs is 14. The number of allylic oxidation sites excluding steroid dienone is 4. The lowest BCUT2D eigenvalue weighted by Gasteiger charge is -2.52.